The fourth-order valence-corrected chi connectivity index (χ4v) is 1.70. The zero-order valence-corrected chi connectivity index (χ0v) is 8.08. The van der Waals surface area contributed by atoms with E-state index in [2.05, 4.69) is 5.92 Å². The minimum Gasteiger partial charge on any atom is -0.381 e. The minimum absolute atomic E-state index is 0.323. The number of terminal acetylenes is 1. The summed E-state index contributed by atoms with van der Waals surface area (Å²) in [6, 6.07) is -0.323. The normalized spacial score (nSPS) is 23.5. The average Bonchev–Trinajstić information content (AvgIpc) is 2.18. The van der Waals surface area contributed by atoms with Crippen LogP contribution < -0.4 is 5.73 Å². The molecular weight excluding hydrogens is 166 g/mol. The first-order valence-corrected chi connectivity index (χ1v) is 4.68. The van der Waals surface area contributed by atoms with E-state index in [1.165, 1.54) is 0 Å². The number of ether oxygens (including phenoxy) is 2. The maximum absolute atomic E-state index is 5.85. The molecule has 1 saturated heterocycles. The van der Waals surface area contributed by atoms with Gasteiger partial charge in [0.2, 0.25) is 0 Å². The van der Waals surface area contributed by atoms with E-state index in [1.54, 1.807) is 0 Å². The van der Waals surface area contributed by atoms with Crippen LogP contribution in [0.2, 0.25) is 0 Å². The smallest absolute Gasteiger partial charge is 0.0988 e. The molecule has 0 radical (unpaired) electrons. The first-order valence-electron chi connectivity index (χ1n) is 4.68. The molecule has 1 heterocycles. The standard InChI is InChI=1S/C10H17NO2/c1-3-9(11)10(13-4-2)5-7-12-8-6-10/h1,9H,4-8,11H2,2H3. The van der Waals surface area contributed by atoms with Crippen molar-refractivity contribution in [3.8, 4) is 12.3 Å². The quantitative estimate of drug-likeness (QED) is 0.649. The van der Waals surface area contributed by atoms with E-state index in [4.69, 9.17) is 21.6 Å². The molecule has 0 aromatic rings. The van der Waals surface area contributed by atoms with Crippen LogP contribution in [0.4, 0.5) is 0 Å². The van der Waals surface area contributed by atoms with Crippen LogP contribution in [0.5, 0.6) is 0 Å². The van der Waals surface area contributed by atoms with E-state index in [-0.39, 0.29) is 11.6 Å². The van der Waals surface area contributed by atoms with E-state index < -0.39 is 0 Å². The second-order valence-electron chi connectivity index (χ2n) is 3.25. The Labute approximate surface area is 79.6 Å². The molecule has 1 fully saturated rings. The van der Waals surface area contributed by atoms with Gasteiger partial charge in [-0.1, -0.05) is 5.92 Å². The summed E-state index contributed by atoms with van der Waals surface area (Å²) in [7, 11) is 0. The molecule has 1 aliphatic rings. The summed E-state index contributed by atoms with van der Waals surface area (Å²) < 4.78 is 10.9. The van der Waals surface area contributed by atoms with Crippen molar-refractivity contribution in [2.45, 2.75) is 31.4 Å². The van der Waals surface area contributed by atoms with Crippen LogP contribution >= 0.6 is 0 Å². The second-order valence-corrected chi connectivity index (χ2v) is 3.25. The van der Waals surface area contributed by atoms with E-state index >= 15 is 0 Å². The summed E-state index contributed by atoms with van der Waals surface area (Å²) in [5.41, 5.74) is 5.51. The van der Waals surface area contributed by atoms with Gasteiger partial charge in [-0.15, -0.1) is 6.42 Å². The Kier molecular flexibility index (Phi) is 3.73. The van der Waals surface area contributed by atoms with Crippen LogP contribution in [-0.2, 0) is 9.47 Å². The highest BCUT2D eigenvalue weighted by molar-refractivity contribution is 5.09. The lowest BCUT2D eigenvalue weighted by atomic mass is 9.87. The topological polar surface area (TPSA) is 44.5 Å². The molecule has 0 aliphatic carbocycles. The van der Waals surface area contributed by atoms with Gasteiger partial charge < -0.3 is 15.2 Å². The summed E-state index contributed by atoms with van der Waals surface area (Å²) in [6.45, 7) is 3.99. The molecule has 3 nitrogen and oxygen atoms in total. The van der Waals surface area contributed by atoms with Gasteiger partial charge in [0.05, 0.1) is 11.6 Å². The van der Waals surface area contributed by atoms with Gasteiger partial charge in [0.15, 0.2) is 0 Å². The fraction of sp³-hybridized carbons (Fsp3) is 0.800. The van der Waals surface area contributed by atoms with Crippen molar-refractivity contribution in [1.82, 2.24) is 0 Å². The Hall–Kier alpha value is -0.560. The molecule has 1 rings (SSSR count). The number of rotatable bonds is 3. The lowest BCUT2D eigenvalue weighted by Gasteiger charge is -2.39. The minimum atomic E-state index is -0.345. The number of hydrogen-bond donors (Lipinski definition) is 1. The van der Waals surface area contributed by atoms with Crippen LogP contribution in [0.3, 0.4) is 0 Å². The van der Waals surface area contributed by atoms with Gasteiger partial charge in [-0.05, 0) is 6.92 Å². The van der Waals surface area contributed by atoms with Crippen molar-refractivity contribution in [3.63, 3.8) is 0 Å². The molecule has 0 aromatic carbocycles. The van der Waals surface area contributed by atoms with Crippen LogP contribution in [0.1, 0.15) is 19.8 Å². The molecule has 74 valence electrons. The molecule has 0 aromatic heterocycles. The third kappa shape index (κ3) is 2.22. The summed E-state index contributed by atoms with van der Waals surface area (Å²) in [5.74, 6) is 2.56. The monoisotopic (exact) mass is 183 g/mol. The fourth-order valence-electron chi connectivity index (χ4n) is 1.70. The molecule has 2 N–H and O–H groups in total. The lowest BCUT2D eigenvalue weighted by Crippen LogP contribution is -2.52. The molecule has 0 spiro atoms. The third-order valence-electron chi connectivity index (χ3n) is 2.52. The molecule has 0 saturated carbocycles. The van der Waals surface area contributed by atoms with Gasteiger partial charge in [0, 0.05) is 32.7 Å². The summed E-state index contributed by atoms with van der Waals surface area (Å²) in [4.78, 5) is 0. The summed E-state index contributed by atoms with van der Waals surface area (Å²) >= 11 is 0. The molecule has 1 unspecified atom stereocenters. The van der Waals surface area contributed by atoms with Crippen LogP contribution in [0.25, 0.3) is 0 Å². The first-order chi connectivity index (χ1) is 6.25. The Bertz CT molecular complexity index is 186. The van der Waals surface area contributed by atoms with Gasteiger partial charge in [-0.3, -0.25) is 0 Å². The number of hydrogen-bond acceptors (Lipinski definition) is 3. The third-order valence-corrected chi connectivity index (χ3v) is 2.52. The van der Waals surface area contributed by atoms with Crippen molar-refractivity contribution in [2.75, 3.05) is 19.8 Å². The first kappa shape index (κ1) is 10.5. The van der Waals surface area contributed by atoms with E-state index in [9.17, 15) is 0 Å². The zero-order chi connectivity index (χ0) is 9.73. The Balaban J connectivity index is 2.67. The van der Waals surface area contributed by atoms with E-state index in [0.717, 1.165) is 12.8 Å². The predicted molar refractivity (Wildman–Crippen MR) is 51.2 cm³/mol. The SMILES string of the molecule is C#CC(N)C1(OCC)CCOCC1. The number of nitrogens with two attached hydrogens (primary N) is 1. The van der Waals surface area contributed by atoms with Crippen molar-refractivity contribution < 1.29 is 9.47 Å². The Morgan fingerprint density at radius 2 is 2.23 bits per heavy atom. The summed E-state index contributed by atoms with van der Waals surface area (Å²) in [5, 5.41) is 0. The van der Waals surface area contributed by atoms with Crippen LogP contribution in [-0.4, -0.2) is 31.5 Å². The van der Waals surface area contributed by atoms with Crippen molar-refractivity contribution >= 4 is 0 Å². The molecular formula is C10H17NO2. The van der Waals surface area contributed by atoms with Gasteiger partial charge in [-0.2, -0.15) is 0 Å². The zero-order valence-electron chi connectivity index (χ0n) is 8.08. The second kappa shape index (κ2) is 4.61. The highest BCUT2D eigenvalue weighted by Gasteiger charge is 2.38. The van der Waals surface area contributed by atoms with Crippen molar-refractivity contribution in [2.24, 2.45) is 5.73 Å². The van der Waals surface area contributed by atoms with Gasteiger partial charge >= 0.3 is 0 Å². The molecule has 1 atom stereocenters. The Morgan fingerprint density at radius 1 is 1.62 bits per heavy atom. The molecule has 13 heavy (non-hydrogen) atoms. The largest absolute Gasteiger partial charge is 0.381 e. The highest BCUT2D eigenvalue weighted by atomic mass is 16.5. The molecule has 1 aliphatic heterocycles. The van der Waals surface area contributed by atoms with Crippen LogP contribution in [0.15, 0.2) is 0 Å². The van der Waals surface area contributed by atoms with Gasteiger partial charge in [0.1, 0.15) is 0 Å². The molecule has 0 amide bonds. The van der Waals surface area contributed by atoms with Crippen LogP contribution in [0, 0.1) is 12.3 Å². The summed E-state index contributed by atoms with van der Waals surface area (Å²) in [6.07, 6.45) is 6.92. The maximum atomic E-state index is 5.85. The van der Waals surface area contributed by atoms with Crippen molar-refractivity contribution in [3.05, 3.63) is 0 Å². The lowest BCUT2D eigenvalue weighted by molar-refractivity contribution is -0.111. The predicted octanol–water partition coefficient (Wildman–Crippen LogP) is 0.533. The Morgan fingerprint density at radius 3 is 2.69 bits per heavy atom. The van der Waals surface area contributed by atoms with Gasteiger partial charge in [0.25, 0.3) is 0 Å². The maximum Gasteiger partial charge on any atom is 0.0988 e. The van der Waals surface area contributed by atoms with Gasteiger partial charge in [-0.25, -0.2) is 0 Å². The average molecular weight is 183 g/mol. The molecule has 3 heteroatoms. The van der Waals surface area contributed by atoms with E-state index in [1.807, 2.05) is 6.92 Å². The molecule has 0 bridgehead atoms. The van der Waals surface area contributed by atoms with Crippen molar-refractivity contribution in [1.29, 1.82) is 0 Å². The van der Waals surface area contributed by atoms with E-state index in [0.29, 0.717) is 19.8 Å². The highest BCUT2D eigenvalue weighted by Crippen LogP contribution is 2.27.